The van der Waals surface area contributed by atoms with Crippen LogP contribution in [0.1, 0.15) is 32.6 Å². The van der Waals surface area contributed by atoms with Gasteiger partial charge in [-0.05, 0) is 19.8 Å². The van der Waals surface area contributed by atoms with Crippen molar-refractivity contribution in [3.8, 4) is 0 Å². The summed E-state index contributed by atoms with van der Waals surface area (Å²) in [5.74, 6) is -0.0187. The van der Waals surface area contributed by atoms with Gasteiger partial charge in [-0.25, -0.2) is 0 Å². The smallest absolute Gasteiger partial charge is 0.287 e. The van der Waals surface area contributed by atoms with Crippen LogP contribution in [0.25, 0.3) is 0 Å². The zero-order valence-electron chi connectivity index (χ0n) is 7.91. The van der Waals surface area contributed by atoms with Gasteiger partial charge in [0.05, 0.1) is 6.61 Å². The summed E-state index contributed by atoms with van der Waals surface area (Å²) in [4.78, 5) is 11.4. The summed E-state index contributed by atoms with van der Waals surface area (Å²) in [6.45, 7) is 2.78. The second-order valence-electron chi connectivity index (χ2n) is 3.05. The Kier molecular flexibility index (Phi) is 4.46. The highest BCUT2D eigenvalue weighted by atomic mass is 31.1. The highest BCUT2D eigenvalue weighted by Crippen LogP contribution is 2.31. The molecule has 0 saturated carbocycles. The molecular formula is C8H16NO3P. The molecule has 0 radical (unpaired) electrons. The molecule has 4 nitrogen and oxygen atoms in total. The van der Waals surface area contributed by atoms with Crippen LogP contribution in [0.4, 0.5) is 0 Å². The molecule has 5 heteroatoms. The van der Waals surface area contributed by atoms with Crippen molar-refractivity contribution in [3.63, 3.8) is 0 Å². The van der Waals surface area contributed by atoms with E-state index in [1.54, 1.807) is 6.92 Å². The second-order valence-corrected chi connectivity index (χ2v) is 4.42. The zero-order chi connectivity index (χ0) is 9.68. The van der Waals surface area contributed by atoms with Gasteiger partial charge in [0.25, 0.3) is 8.18 Å². The summed E-state index contributed by atoms with van der Waals surface area (Å²) < 4.78 is 17.8. The molecule has 76 valence electrons. The van der Waals surface area contributed by atoms with E-state index >= 15 is 0 Å². The Hall–Kier alpha value is -0.340. The van der Waals surface area contributed by atoms with Gasteiger partial charge < -0.3 is 4.52 Å². The average Bonchev–Trinajstić information content (AvgIpc) is 2.30. The lowest BCUT2D eigenvalue weighted by Crippen LogP contribution is -2.23. The van der Waals surface area contributed by atoms with Crippen LogP contribution >= 0.6 is 8.18 Å². The first-order valence-corrected chi connectivity index (χ1v) is 5.99. The highest BCUT2D eigenvalue weighted by Gasteiger charge is 2.21. The Bertz CT molecular complexity index is 208. The van der Waals surface area contributed by atoms with Gasteiger partial charge >= 0.3 is 0 Å². The fraction of sp³-hybridized carbons (Fsp3) is 0.875. The van der Waals surface area contributed by atoms with Gasteiger partial charge in [0.15, 0.2) is 0 Å². The summed E-state index contributed by atoms with van der Waals surface area (Å²) in [6.07, 6.45) is 3.42. The zero-order valence-corrected chi connectivity index (χ0v) is 8.91. The van der Waals surface area contributed by atoms with E-state index in [0.717, 1.165) is 19.3 Å². The predicted molar refractivity (Wildman–Crippen MR) is 50.8 cm³/mol. The van der Waals surface area contributed by atoms with Crippen LogP contribution in [0.5, 0.6) is 0 Å². The van der Waals surface area contributed by atoms with E-state index in [0.29, 0.717) is 19.6 Å². The molecule has 1 aliphatic heterocycles. The van der Waals surface area contributed by atoms with E-state index in [1.165, 1.54) is 4.67 Å². The van der Waals surface area contributed by atoms with Gasteiger partial charge in [-0.2, -0.15) is 0 Å². The van der Waals surface area contributed by atoms with Crippen molar-refractivity contribution >= 4 is 14.1 Å². The standard InChI is InChI=1S/C8H16NO3P/c1-2-12-13(11)9-7-5-3-4-6-8(9)10/h13H,2-7H2,1H3. The van der Waals surface area contributed by atoms with Crippen LogP contribution in [-0.4, -0.2) is 23.7 Å². The van der Waals surface area contributed by atoms with Crippen molar-refractivity contribution in [1.29, 1.82) is 0 Å². The third-order valence-electron chi connectivity index (χ3n) is 2.06. The highest BCUT2D eigenvalue weighted by molar-refractivity contribution is 7.37. The lowest BCUT2D eigenvalue weighted by atomic mass is 10.2. The van der Waals surface area contributed by atoms with E-state index in [-0.39, 0.29) is 5.91 Å². The number of nitrogens with zero attached hydrogens (tertiary/aromatic N) is 1. The summed E-state index contributed by atoms with van der Waals surface area (Å²) in [5, 5.41) is 0. The number of hydrogen-bond acceptors (Lipinski definition) is 3. The Labute approximate surface area is 79.2 Å². The van der Waals surface area contributed by atoms with Crippen molar-refractivity contribution in [2.75, 3.05) is 13.2 Å². The lowest BCUT2D eigenvalue weighted by molar-refractivity contribution is -0.126. The molecule has 1 atom stereocenters. The third kappa shape index (κ3) is 3.12. The lowest BCUT2D eigenvalue weighted by Gasteiger charge is -2.18. The summed E-state index contributed by atoms with van der Waals surface area (Å²) >= 11 is 0. The molecule has 1 rings (SSSR count). The van der Waals surface area contributed by atoms with Crippen LogP contribution in [0, 0.1) is 0 Å². The van der Waals surface area contributed by atoms with Gasteiger partial charge in [-0.3, -0.25) is 14.0 Å². The number of carbonyl (C=O) groups excluding carboxylic acids is 1. The van der Waals surface area contributed by atoms with Crippen molar-refractivity contribution in [3.05, 3.63) is 0 Å². The molecule has 0 aromatic heterocycles. The summed E-state index contributed by atoms with van der Waals surface area (Å²) in [6, 6.07) is 0. The summed E-state index contributed by atoms with van der Waals surface area (Å²) in [5.41, 5.74) is 0. The topological polar surface area (TPSA) is 46.6 Å². The predicted octanol–water partition coefficient (Wildman–Crippen LogP) is 1.82. The van der Waals surface area contributed by atoms with E-state index < -0.39 is 8.18 Å². The maximum Gasteiger partial charge on any atom is 0.287 e. The Morgan fingerprint density at radius 2 is 2.23 bits per heavy atom. The Morgan fingerprint density at radius 1 is 1.46 bits per heavy atom. The maximum atomic E-state index is 11.4. The van der Waals surface area contributed by atoms with E-state index in [1.807, 2.05) is 0 Å². The van der Waals surface area contributed by atoms with E-state index in [4.69, 9.17) is 4.52 Å². The molecule has 1 aliphatic rings. The molecule has 0 aromatic carbocycles. The summed E-state index contributed by atoms with van der Waals surface area (Å²) in [7, 11) is -2.28. The van der Waals surface area contributed by atoms with Gasteiger partial charge in [0, 0.05) is 13.0 Å². The molecule has 0 spiro atoms. The molecule has 1 heterocycles. The normalized spacial score (nSPS) is 21.3. The van der Waals surface area contributed by atoms with Crippen LogP contribution in [0.15, 0.2) is 0 Å². The quantitative estimate of drug-likeness (QED) is 0.660. The van der Waals surface area contributed by atoms with Crippen molar-refractivity contribution in [2.45, 2.75) is 32.6 Å². The van der Waals surface area contributed by atoms with Crippen molar-refractivity contribution in [2.24, 2.45) is 0 Å². The molecule has 1 saturated heterocycles. The average molecular weight is 205 g/mol. The van der Waals surface area contributed by atoms with E-state index in [9.17, 15) is 9.36 Å². The Morgan fingerprint density at radius 3 is 2.92 bits per heavy atom. The SMILES string of the molecule is CCO[PH](=O)N1CCCCCC1=O. The minimum absolute atomic E-state index is 0.0187. The molecule has 13 heavy (non-hydrogen) atoms. The van der Waals surface area contributed by atoms with Crippen LogP contribution < -0.4 is 0 Å². The molecule has 0 bridgehead atoms. The number of hydrogen-bond donors (Lipinski definition) is 0. The molecular weight excluding hydrogens is 189 g/mol. The minimum atomic E-state index is -2.28. The monoisotopic (exact) mass is 205 g/mol. The van der Waals surface area contributed by atoms with Crippen LogP contribution in [-0.2, 0) is 13.9 Å². The molecule has 1 fully saturated rings. The van der Waals surface area contributed by atoms with Gasteiger partial charge in [-0.15, -0.1) is 0 Å². The first-order chi connectivity index (χ1) is 6.25. The van der Waals surface area contributed by atoms with Crippen molar-refractivity contribution in [1.82, 2.24) is 4.67 Å². The molecule has 0 aromatic rings. The molecule has 1 amide bonds. The maximum absolute atomic E-state index is 11.4. The van der Waals surface area contributed by atoms with Crippen LogP contribution in [0.2, 0.25) is 0 Å². The number of amides is 1. The molecule has 1 unspecified atom stereocenters. The molecule has 0 aliphatic carbocycles. The van der Waals surface area contributed by atoms with Gasteiger partial charge in [0.1, 0.15) is 0 Å². The molecule has 0 N–H and O–H groups in total. The number of rotatable bonds is 3. The Balaban J connectivity index is 2.53. The fourth-order valence-electron chi connectivity index (χ4n) is 1.38. The first kappa shape index (κ1) is 10.7. The van der Waals surface area contributed by atoms with E-state index in [2.05, 4.69) is 0 Å². The minimum Gasteiger partial charge on any atom is -0.316 e. The second kappa shape index (κ2) is 5.40. The van der Waals surface area contributed by atoms with Gasteiger partial charge in [0.2, 0.25) is 5.91 Å². The van der Waals surface area contributed by atoms with Crippen LogP contribution in [0.3, 0.4) is 0 Å². The van der Waals surface area contributed by atoms with Crippen molar-refractivity contribution < 1.29 is 13.9 Å². The van der Waals surface area contributed by atoms with Gasteiger partial charge in [-0.1, -0.05) is 6.42 Å². The fourth-order valence-corrected chi connectivity index (χ4v) is 2.44. The largest absolute Gasteiger partial charge is 0.316 e. The first-order valence-electron chi connectivity index (χ1n) is 4.73. The number of carbonyl (C=O) groups is 1. The third-order valence-corrected chi connectivity index (χ3v) is 3.51.